The number of aromatic nitrogens is 2. The van der Waals surface area contributed by atoms with Crippen LogP contribution in [0.5, 0.6) is 0 Å². The maximum atomic E-state index is 5.87. The van der Waals surface area contributed by atoms with Crippen molar-refractivity contribution < 1.29 is 0 Å². The summed E-state index contributed by atoms with van der Waals surface area (Å²) in [4.78, 5) is 8.53. The molecule has 5 nitrogen and oxygen atoms in total. The number of nitrogens with two attached hydrogens (primary N) is 1. The summed E-state index contributed by atoms with van der Waals surface area (Å²) in [6.07, 6.45) is 10.0. The first-order chi connectivity index (χ1) is 8.25. The van der Waals surface area contributed by atoms with Gasteiger partial charge in [-0.3, -0.25) is 0 Å². The number of hydrogen-bond acceptors (Lipinski definition) is 2. The Kier molecular flexibility index (Phi) is 4.01. The quantitative estimate of drug-likeness (QED) is 0.610. The zero-order chi connectivity index (χ0) is 12.1. The van der Waals surface area contributed by atoms with Crippen molar-refractivity contribution in [2.45, 2.75) is 44.7 Å². The Hall–Kier alpha value is -1.52. The highest BCUT2D eigenvalue weighted by Crippen LogP contribution is 2.16. The molecule has 0 unspecified atom stereocenters. The fourth-order valence-electron chi connectivity index (χ4n) is 2.21. The molecule has 0 atom stereocenters. The maximum absolute atomic E-state index is 5.87. The van der Waals surface area contributed by atoms with E-state index in [9.17, 15) is 0 Å². The average Bonchev–Trinajstić information content (AvgIpc) is 2.74. The molecule has 0 saturated heterocycles. The summed E-state index contributed by atoms with van der Waals surface area (Å²) in [5.74, 6) is 1.47. The molecule has 1 saturated carbocycles. The fourth-order valence-corrected chi connectivity index (χ4v) is 2.21. The van der Waals surface area contributed by atoms with Gasteiger partial charge < -0.3 is 15.6 Å². The van der Waals surface area contributed by atoms with Gasteiger partial charge in [-0.15, -0.1) is 0 Å². The van der Waals surface area contributed by atoms with E-state index >= 15 is 0 Å². The molecule has 94 valence electrons. The largest absolute Gasteiger partial charge is 0.370 e. The molecule has 3 N–H and O–H groups in total. The third kappa shape index (κ3) is 3.47. The lowest BCUT2D eigenvalue weighted by Gasteiger charge is -2.23. The van der Waals surface area contributed by atoms with Crippen molar-refractivity contribution in [3.05, 3.63) is 18.2 Å². The minimum atomic E-state index is 0.508. The Morgan fingerprint density at radius 3 is 2.94 bits per heavy atom. The summed E-state index contributed by atoms with van der Waals surface area (Å²) in [6, 6.07) is 0.508. The predicted octanol–water partition coefficient (Wildman–Crippen LogP) is 1.16. The van der Waals surface area contributed by atoms with Gasteiger partial charge in [0.1, 0.15) is 12.4 Å². The first kappa shape index (κ1) is 12.0. The molecule has 0 spiro atoms. The van der Waals surface area contributed by atoms with E-state index in [2.05, 4.69) is 15.3 Å². The second-order valence-corrected chi connectivity index (χ2v) is 4.64. The van der Waals surface area contributed by atoms with Crippen LogP contribution in [0.15, 0.2) is 17.4 Å². The Balaban J connectivity index is 1.82. The molecule has 0 amide bonds. The first-order valence-electron chi connectivity index (χ1n) is 6.28. The number of nitrogens with one attached hydrogen (secondary N) is 1. The zero-order valence-corrected chi connectivity index (χ0v) is 10.4. The lowest BCUT2D eigenvalue weighted by molar-refractivity contribution is 0.412. The predicted molar refractivity (Wildman–Crippen MR) is 68.5 cm³/mol. The molecule has 1 aromatic heterocycles. The summed E-state index contributed by atoms with van der Waals surface area (Å²) >= 11 is 0. The number of aryl methyl sites for hydroxylation is 1. The summed E-state index contributed by atoms with van der Waals surface area (Å²) in [7, 11) is 1.96. The highest BCUT2D eigenvalue weighted by atomic mass is 15.1. The standard InChI is InChI=1S/C12H21N5/c1-17-8-7-14-11(17)9-15-12(13)16-10-5-3-2-4-6-10/h7-8,10H,2-6,9H2,1H3,(H3,13,15,16). The zero-order valence-electron chi connectivity index (χ0n) is 10.4. The van der Waals surface area contributed by atoms with Crippen molar-refractivity contribution in [1.29, 1.82) is 0 Å². The molecule has 1 aromatic rings. The van der Waals surface area contributed by atoms with Crippen LogP contribution in [0, 0.1) is 0 Å². The highest BCUT2D eigenvalue weighted by Gasteiger charge is 2.13. The minimum Gasteiger partial charge on any atom is -0.370 e. The molecule has 1 fully saturated rings. The molecule has 5 heteroatoms. The number of guanidine groups is 1. The Morgan fingerprint density at radius 2 is 2.29 bits per heavy atom. The molecule has 2 rings (SSSR count). The highest BCUT2D eigenvalue weighted by molar-refractivity contribution is 5.78. The normalized spacial score (nSPS) is 18.3. The molecule has 0 bridgehead atoms. The van der Waals surface area contributed by atoms with Gasteiger partial charge in [-0.2, -0.15) is 0 Å². The van der Waals surface area contributed by atoms with Crippen molar-refractivity contribution in [1.82, 2.24) is 14.9 Å². The monoisotopic (exact) mass is 235 g/mol. The van der Waals surface area contributed by atoms with E-state index in [-0.39, 0.29) is 0 Å². The summed E-state index contributed by atoms with van der Waals surface area (Å²) in [6.45, 7) is 0.537. The van der Waals surface area contributed by atoms with Crippen molar-refractivity contribution >= 4 is 5.96 Å². The molecule has 1 heterocycles. The van der Waals surface area contributed by atoms with Crippen LogP contribution in [0.1, 0.15) is 37.9 Å². The Labute approximate surface area is 102 Å². The van der Waals surface area contributed by atoms with E-state index in [1.54, 1.807) is 6.20 Å². The van der Waals surface area contributed by atoms with Crippen molar-refractivity contribution in [3.63, 3.8) is 0 Å². The first-order valence-corrected chi connectivity index (χ1v) is 6.28. The van der Waals surface area contributed by atoms with E-state index in [4.69, 9.17) is 5.73 Å². The Morgan fingerprint density at radius 1 is 1.53 bits per heavy atom. The molecular formula is C12H21N5. The van der Waals surface area contributed by atoms with E-state index in [0.29, 0.717) is 18.5 Å². The van der Waals surface area contributed by atoms with Gasteiger partial charge in [0, 0.05) is 25.5 Å². The lowest BCUT2D eigenvalue weighted by Crippen LogP contribution is -2.41. The van der Waals surface area contributed by atoms with Crippen LogP contribution in [-0.4, -0.2) is 21.6 Å². The molecule has 0 aliphatic heterocycles. The smallest absolute Gasteiger partial charge is 0.189 e. The van der Waals surface area contributed by atoms with Crippen LogP contribution in [0.4, 0.5) is 0 Å². The van der Waals surface area contributed by atoms with Gasteiger partial charge in [0.05, 0.1) is 0 Å². The molecule has 1 aliphatic carbocycles. The second kappa shape index (κ2) is 5.70. The number of imidazole rings is 1. The van der Waals surface area contributed by atoms with Gasteiger partial charge in [-0.25, -0.2) is 9.98 Å². The average molecular weight is 235 g/mol. The third-order valence-corrected chi connectivity index (χ3v) is 3.27. The van der Waals surface area contributed by atoms with Crippen molar-refractivity contribution in [2.75, 3.05) is 0 Å². The molecule has 0 aromatic carbocycles. The van der Waals surface area contributed by atoms with E-state index in [1.807, 2.05) is 17.8 Å². The summed E-state index contributed by atoms with van der Waals surface area (Å²) < 4.78 is 1.96. The van der Waals surface area contributed by atoms with Crippen molar-refractivity contribution in [3.8, 4) is 0 Å². The molecule has 0 radical (unpaired) electrons. The summed E-state index contributed by atoms with van der Waals surface area (Å²) in [5, 5.41) is 3.29. The van der Waals surface area contributed by atoms with Gasteiger partial charge in [0.25, 0.3) is 0 Å². The van der Waals surface area contributed by atoms with Gasteiger partial charge in [0.15, 0.2) is 5.96 Å². The van der Waals surface area contributed by atoms with Crippen LogP contribution in [0.25, 0.3) is 0 Å². The third-order valence-electron chi connectivity index (χ3n) is 3.27. The van der Waals surface area contributed by atoms with Crippen molar-refractivity contribution in [2.24, 2.45) is 17.8 Å². The van der Waals surface area contributed by atoms with Gasteiger partial charge >= 0.3 is 0 Å². The minimum absolute atomic E-state index is 0.508. The number of rotatable bonds is 3. The SMILES string of the molecule is Cn1ccnc1CN=C(N)NC1CCCCC1. The van der Waals surface area contributed by atoms with E-state index in [1.165, 1.54) is 32.1 Å². The van der Waals surface area contributed by atoms with E-state index in [0.717, 1.165) is 5.82 Å². The number of nitrogens with zero attached hydrogens (tertiary/aromatic N) is 3. The van der Waals surface area contributed by atoms with E-state index < -0.39 is 0 Å². The van der Waals surface area contributed by atoms with Gasteiger partial charge in [-0.1, -0.05) is 19.3 Å². The van der Waals surface area contributed by atoms with Gasteiger partial charge in [0.2, 0.25) is 0 Å². The van der Waals surface area contributed by atoms with Crippen LogP contribution >= 0.6 is 0 Å². The van der Waals surface area contributed by atoms with Crippen LogP contribution < -0.4 is 11.1 Å². The topological polar surface area (TPSA) is 68.2 Å². The number of aliphatic imine (C=N–C) groups is 1. The van der Waals surface area contributed by atoms with Gasteiger partial charge in [-0.05, 0) is 12.8 Å². The fraction of sp³-hybridized carbons (Fsp3) is 0.667. The summed E-state index contributed by atoms with van der Waals surface area (Å²) in [5.41, 5.74) is 5.87. The molecular weight excluding hydrogens is 214 g/mol. The Bertz CT molecular complexity index is 376. The maximum Gasteiger partial charge on any atom is 0.189 e. The van der Waals surface area contributed by atoms with Crippen LogP contribution in [0.2, 0.25) is 0 Å². The lowest BCUT2D eigenvalue weighted by atomic mass is 9.96. The molecule has 17 heavy (non-hydrogen) atoms. The molecule has 1 aliphatic rings. The van der Waals surface area contributed by atoms with Crippen LogP contribution in [-0.2, 0) is 13.6 Å². The van der Waals surface area contributed by atoms with Crippen LogP contribution in [0.3, 0.4) is 0 Å². The number of hydrogen-bond donors (Lipinski definition) is 2. The second-order valence-electron chi connectivity index (χ2n) is 4.64.